The van der Waals surface area contributed by atoms with Gasteiger partial charge >= 0.3 is 0 Å². The molecule has 0 amide bonds. The van der Waals surface area contributed by atoms with Crippen molar-refractivity contribution >= 4 is 32.8 Å². The first-order chi connectivity index (χ1) is 11.0. The second kappa shape index (κ2) is 7.17. The molecule has 0 saturated carbocycles. The van der Waals surface area contributed by atoms with Gasteiger partial charge in [0.15, 0.2) is 9.84 Å². The molecule has 2 heterocycles. The first kappa shape index (κ1) is 16.7. The van der Waals surface area contributed by atoms with E-state index in [1.54, 1.807) is 23.7 Å². The highest BCUT2D eigenvalue weighted by Gasteiger charge is 2.20. The van der Waals surface area contributed by atoms with Gasteiger partial charge in [-0.25, -0.2) is 13.4 Å². The van der Waals surface area contributed by atoms with Crippen LogP contribution in [0.1, 0.15) is 17.8 Å². The number of rotatable bonds is 5. The highest BCUT2D eigenvalue weighted by Crippen LogP contribution is 2.30. The van der Waals surface area contributed by atoms with Crippen molar-refractivity contribution in [2.45, 2.75) is 29.6 Å². The van der Waals surface area contributed by atoms with Crippen molar-refractivity contribution in [1.29, 1.82) is 0 Å². The fraction of sp³-hybridized carbons (Fsp3) is 0.400. The normalized spacial score (nSPS) is 16.4. The molecule has 1 fully saturated rings. The molecule has 0 radical (unpaired) electrons. The maximum absolute atomic E-state index is 12.4. The fourth-order valence-corrected chi connectivity index (χ4v) is 5.00. The van der Waals surface area contributed by atoms with E-state index in [1.165, 1.54) is 17.4 Å². The van der Waals surface area contributed by atoms with E-state index in [0.717, 1.165) is 25.9 Å². The van der Waals surface area contributed by atoms with E-state index < -0.39 is 9.84 Å². The van der Waals surface area contributed by atoms with Crippen molar-refractivity contribution in [2.75, 3.05) is 13.1 Å². The average molecular weight is 373 g/mol. The van der Waals surface area contributed by atoms with Crippen molar-refractivity contribution in [3.8, 4) is 5.75 Å². The minimum Gasteiger partial charge on any atom is -0.489 e. The summed E-state index contributed by atoms with van der Waals surface area (Å²) in [6.07, 6.45) is 3.55. The summed E-state index contributed by atoms with van der Waals surface area (Å²) in [5, 5.41) is 5.91. The number of sulfone groups is 1. The Labute approximate surface area is 144 Å². The van der Waals surface area contributed by atoms with Gasteiger partial charge in [-0.3, -0.25) is 0 Å². The Hall–Kier alpha value is -1.15. The largest absolute Gasteiger partial charge is 0.489 e. The number of nitrogens with one attached hydrogen (secondary N) is 1. The van der Waals surface area contributed by atoms with Crippen LogP contribution in [-0.2, 0) is 15.6 Å². The molecule has 0 atom stereocenters. The lowest BCUT2D eigenvalue weighted by Crippen LogP contribution is -2.34. The highest BCUT2D eigenvalue weighted by molar-refractivity contribution is 7.90. The van der Waals surface area contributed by atoms with Crippen LogP contribution >= 0.6 is 22.9 Å². The van der Waals surface area contributed by atoms with E-state index in [4.69, 9.17) is 16.3 Å². The molecule has 124 valence electrons. The molecule has 3 rings (SSSR count). The third-order valence-electron chi connectivity index (χ3n) is 3.64. The van der Waals surface area contributed by atoms with Crippen LogP contribution in [0.2, 0.25) is 5.02 Å². The van der Waals surface area contributed by atoms with Gasteiger partial charge in [-0.1, -0.05) is 11.6 Å². The summed E-state index contributed by atoms with van der Waals surface area (Å²) >= 11 is 7.54. The predicted molar refractivity (Wildman–Crippen MR) is 91.0 cm³/mol. The van der Waals surface area contributed by atoms with Gasteiger partial charge < -0.3 is 10.1 Å². The fourth-order valence-electron chi connectivity index (χ4n) is 2.43. The molecule has 1 aromatic carbocycles. The van der Waals surface area contributed by atoms with Crippen molar-refractivity contribution in [3.63, 3.8) is 0 Å². The van der Waals surface area contributed by atoms with E-state index in [-0.39, 0.29) is 16.8 Å². The zero-order valence-electron chi connectivity index (χ0n) is 12.4. The molecular formula is C15H17ClN2O3S2. The molecule has 1 aromatic heterocycles. The van der Waals surface area contributed by atoms with Gasteiger partial charge in [-0.2, -0.15) is 0 Å². The Balaban J connectivity index is 1.75. The molecule has 0 bridgehead atoms. The van der Waals surface area contributed by atoms with E-state index in [9.17, 15) is 8.42 Å². The second-order valence-corrected chi connectivity index (χ2v) is 8.72. The summed E-state index contributed by atoms with van der Waals surface area (Å²) in [7, 11) is -3.46. The molecule has 1 N–H and O–H groups in total. The summed E-state index contributed by atoms with van der Waals surface area (Å²) in [6, 6.07) is 4.64. The number of aromatic nitrogens is 1. The Bertz CT molecular complexity index is 757. The SMILES string of the molecule is O=S(=O)(Cc1nccs1)c1ccc(OC2CCNCC2)c(Cl)c1. The molecular weight excluding hydrogens is 356 g/mol. The number of ether oxygens (including phenoxy) is 1. The summed E-state index contributed by atoms with van der Waals surface area (Å²) in [4.78, 5) is 4.21. The van der Waals surface area contributed by atoms with Gasteiger partial charge in [-0.15, -0.1) is 11.3 Å². The minimum absolute atomic E-state index is 0.116. The van der Waals surface area contributed by atoms with Crippen LogP contribution in [0.4, 0.5) is 0 Å². The number of piperidine rings is 1. The number of hydrogen-bond donors (Lipinski definition) is 1. The van der Waals surface area contributed by atoms with Crippen molar-refractivity contribution in [1.82, 2.24) is 10.3 Å². The second-order valence-electron chi connectivity index (χ2n) is 5.34. The minimum atomic E-state index is -3.46. The zero-order chi connectivity index (χ0) is 16.3. The van der Waals surface area contributed by atoms with Crippen LogP contribution < -0.4 is 10.1 Å². The molecule has 0 aliphatic carbocycles. The van der Waals surface area contributed by atoms with Gasteiger partial charge in [-0.05, 0) is 44.1 Å². The zero-order valence-corrected chi connectivity index (χ0v) is 14.8. The Morgan fingerprint density at radius 1 is 1.35 bits per heavy atom. The molecule has 0 spiro atoms. The molecule has 8 heteroatoms. The van der Waals surface area contributed by atoms with Gasteiger partial charge in [0.2, 0.25) is 0 Å². The van der Waals surface area contributed by atoms with E-state index in [2.05, 4.69) is 10.3 Å². The lowest BCUT2D eigenvalue weighted by molar-refractivity contribution is 0.162. The Morgan fingerprint density at radius 2 is 2.13 bits per heavy atom. The highest BCUT2D eigenvalue weighted by atomic mass is 35.5. The van der Waals surface area contributed by atoms with Crippen LogP contribution in [0.15, 0.2) is 34.7 Å². The molecule has 5 nitrogen and oxygen atoms in total. The summed E-state index contributed by atoms with van der Waals surface area (Å²) in [5.74, 6) is 0.418. The number of benzene rings is 1. The first-order valence-electron chi connectivity index (χ1n) is 7.33. The van der Waals surface area contributed by atoms with Crippen molar-refractivity contribution in [2.24, 2.45) is 0 Å². The maximum Gasteiger partial charge on any atom is 0.184 e. The maximum atomic E-state index is 12.4. The Kier molecular flexibility index (Phi) is 5.21. The molecule has 23 heavy (non-hydrogen) atoms. The van der Waals surface area contributed by atoms with Gasteiger partial charge in [0.25, 0.3) is 0 Å². The third-order valence-corrected chi connectivity index (χ3v) is 6.52. The topological polar surface area (TPSA) is 68.3 Å². The van der Waals surface area contributed by atoms with Gasteiger partial charge in [0.05, 0.1) is 9.92 Å². The van der Waals surface area contributed by atoms with Crippen LogP contribution in [0.5, 0.6) is 5.75 Å². The number of halogens is 1. The standard InChI is InChI=1S/C15H17ClN2O3S2/c16-13-9-12(23(19,20)10-15-18-7-8-22-15)1-2-14(13)21-11-3-5-17-6-4-11/h1-2,7-9,11,17H,3-6,10H2. The smallest absolute Gasteiger partial charge is 0.184 e. The lowest BCUT2D eigenvalue weighted by atomic mass is 10.1. The molecule has 1 aliphatic rings. The van der Waals surface area contributed by atoms with Crippen LogP contribution in [0.25, 0.3) is 0 Å². The lowest BCUT2D eigenvalue weighted by Gasteiger charge is -2.24. The molecule has 1 aliphatic heterocycles. The summed E-state index contributed by atoms with van der Waals surface area (Å²) in [5.41, 5.74) is 0. The molecule has 2 aromatic rings. The van der Waals surface area contributed by atoms with Crippen LogP contribution in [-0.4, -0.2) is 32.6 Å². The van der Waals surface area contributed by atoms with Crippen molar-refractivity contribution in [3.05, 3.63) is 39.8 Å². The Morgan fingerprint density at radius 3 is 2.78 bits per heavy atom. The number of thiazole rings is 1. The van der Waals surface area contributed by atoms with E-state index >= 15 is 0 Å². The van der Waals surface area contributed by atoms with E-state index in [1.807, 2.05) is 0 Å². The quantitative estimate of drug-likeness (QED) is 0.874. The average Bonchev–Trinajstić information content (AvgIpc) is 3.02. The van der Waals surface area contributed by atoms with Crippen molar-refractivity contribution < 1.29 is 13.2 Å². The molecule has 1 saturated heterocycles. The van der Waals surface area contributed by atoms with Gasteiger partial charge in [0, 0.05) is 11.6 Å². The van der Waals surface area contributed by atoms with Gasteiger partial charge in [0.1, 0.15) is 22.6 Å². The molecule has 0 unspecified atom stereocenters. The summed E-state index contributed by atoms with van der Waals surface area (Å²) < 4.78 is 30.7. The predicted octanol–water partition coefficient (Wildman–Crippen LogP) is 2.90. The van der Waals surface area contributed by atoms with E-state index in [0.29, 0.717) is 15.8 Å². The monoisotopic (exact) mass is 372 g/mol. The summed E-state index contributed by atoms with van der Waals surface area (Å²) in [6.45, 7) is 1.84. The van der Waals surface area contributed by atoms with Crippen LogP contribution in [0, 0.1) is 0 Å². The third kappa shape index (κ3) is 4.23. The number of hydrogen-bond acceptors (Lipinski definition) is 6. The van der Waals surface area contributed by atoms with Crippen LogP contribution in [0.3, 0.4) is 0 Å². The number of nitrogens with zero attached hydrogens (tertiary/aromatic N) is 1. The first-order valence-corrected chi connectivity index (χ1v) is 10.2.